The van der Waals surface area contributed by atoms with Crippen molar-refractivity contribution in [1.82, 2.24) is 15.1 Å². The molecule has 3 aromatic rings. The number of nitrogens with two attached hydrogens (primary N) is 1. The van der Waals surface area contributed by atoms with Crippen LogP contribution in [0.2, 0.25) is 0 Å². The van der Waals surface area contributed by atoms with Crippen LogP contribution in [0.1, 0.15) is 26.3 Å². The molecular weight excluding hydrogens is 336 g/mol. The average molecular weight is 362 g/mol. The maximum absolute atomic E-state index is 12.4. The molecule has 0 saturated heterocycles. The minimum atomic E-state index is -0.568. The van der Waals surface area contributed by atoms with Gasteiger partial charge in [-0.2, -0.15) is 5.10 Å². The van der Waals surface area contributed by atoms with E-state index in [2.05, 4.69) is 5.32 Å². The van der Waals surface area contributed by atoms with Crippen LogP contribution in [0.3, 0.4) is 0 Å². The number of carbonyl (C=O) groups excluding carboxylic acids is 1. The van der Waals surface area contributed by atoms with Crippen molar-refractivity contribution < 1.29 is 4.79 Å². The van der Waals surface area contributed by atoms with Crippen LogP contribution in [0.4, 0.5) is 0 Å². The lowest BCUT2D eigenvalue weighted by Crippen LogP contribution is -2.48. The predicted octanol–water partition coefficient (Wildman–Crippen LogP) is 3.53. The molecule has 0 saturated carbocycles. The zero-order valence-electron chi connectivity index (χ0n) is 16.0. The summed E-state index contributed by atoms with van der Waals surface area (Å²) in [6.45, 7) is 6.25. The van der Waals surface area contributed by atoms with E-state index < -0.39 is 6.04 Å². The summed E-state index contributed by atoms with van der Waals surface area (Å²) in [6.07, 6.45) is 1.96. The predicted molar refractivity (Wildman–Crippen MR) is 108 cm³/mol. The van der Waals surface area contributed by atoms with E-state index in [4.69, 9.17) is 10.8 Å². The Hall–Kier alpha value is -2.92. The first kappa shape index (κ1) is 18.9. The molecule has 1 heterocycles. The number of aromatic nitrogens is 2. The minimum Gasteiger partial charge on any atom is -0.351 e. The molecule has 140 valence electrons. The lowest BCUT2D eigenvalue weighted by molar-refractivity contribution is -0.124. The molecule has 0 aliphatic heterocycles. The quantitative estimate of drug-likeness (QED) is 0.729. The van der Waals surface area contributed by atoms with Gasteiger partial charge in [0.2, 0.25) is 5.91 Å². The van der Waals surface area contributed by atoms with Crippen LogP contribution in [0.25, 0.3) is 16.9 Å². The fourth-order valence-corrected chi connectivity index (χ4v) is 2.78. The third-order valence-corrected chi connectivity index (χ3v) is 4.53. The Balaban J connectivity index is 1.89. The van der Waals surface area contributed by atoms with Gasteiger partial charge >= 0.3 is 0 Å². The SMILES string of the molecule is CC(C)(C)[C@H](N)C(=O)NCc1cn(-c2ccccc2)nc1-c1ccccc1. The monoisotopic (exact) mass is 362 g/mol. The molecule has 5 heteroatoms. The molecule has 0 bridgehead atoms. The second-order valence-electron chi connectivity index (χ2n) is 7.71. The van der Waals surface area contributed by atoms with Crippen molar-refractivity contribution in [2.24, 2.45) is 11.1 Å². The highest BCUT2D eigenvalue weighted by Gasteiger charge is 2.27. The van der Waals surface area contributed by atoms with Gasteiger partial charge in [-0.3, -0.25) is 4.79 Å². The minimum absolute atomic E-state index is 0.158. The van der Waals surface area contributed by atoms with E-state index in [1.165, 1.54) is 0 Å². The number of nitrogens with zero attached hydrogens (tertiary/aromatic N) is 2. The standard InChI is InChI=1S/C22H26N4O/c1-22(2,3)20(23)21(27)24-14-17-15-26(18-12-8-5-9-13-18)25-19(17)16-10-6-4-7-11-16/h4-13,15,20H,14,23H2,1-3H3,(H,24,27)/t20-/m1/s1. The molecule has 0 unspecified atom stereocenters. The molecule has 0 fully saturated rings. The lowest BCUT2D eigenvalue weighted by Gasteiger charge is -2.25. The van der Waals surface area contributed by atoms with Gasteiger partial charge in [0, 0.05) is 23.9 Å². The molecule has 3 rings (SSSR count). The highest BCUT2D eigenvalue weighted by molar-refractivity contribution is 5.82. The summed E-state index contributed by atoms with van der Waals surface area (Å²) >= 11 is 0. The second kappa shape index (κ2) is 7.76. The maximum atomic E-state index is 12.4. The van der Waals surface area contributed by atoms with Crippen molar-refractivity contribution in [2.45, 2.75) is 33.4 Å². The zero-order valence-corrected chi connectivity index (χ0v) is 16.0. The van der Waals surface area contributed by atoms with Crippen LogP contribution in [-0.4, -0.2) is 21.7 Å². The number of hydrogen-bond acceptors (Lipinski definition) is 3. The molecule has 3 N–H and O–H groups in total. The smallest absolute Gasteiger partial charge is 0.237 e. The summed E-state index contributed by atoms with van der Waals surface area (Å²) in [6, 6.07) is 19.3. The van der Waals surface area contributed by atoms with E-state index >= 15 is 0 Å². The first-order valence-electron chi connectivity index (χ1n) is 9.09. The first-order valence-corrected chi connectivity index (χ1v) is 9.09. The van der Waals surface area contributed by atoms with Crippen molar-refractivity contribution >= 4 is 5.91 Å². The Morgan fingerprint density at radius 1 is 1.07 bits per heavy atom. The zero-order chi connectivity index (χ0) is 19.4. The third kappa shape index (κ3) is 4.44. The molecule has 0 radical (unpaired) electrons. The van der Waals surface area contributed by atoms with Crippen LogP contribution >= 0.6 is 0 Å². The molecule has 1 aromatic heterocycles. The fourth-order valence-electron chi connectivity index (χ4n) is 2.78. The van der Waals surface area contributed by atoms with Crippen LogP contribution in [0, 0.1) is 5.41 Å². The van der Waals surface area contributed by atoms with E-state index in [-0.39, 0.29) is 11.3 Å². The van der Waals surface area contributed by atoms with E-state index in [1.807, 2.05) is 92.3 Å². The van der Waals surface area contributed by atoms with Gasteiger partial charge in [-0.15, -0.1) is 0 Å². The van der Waals surface area contributed by atoms with Crippen LogP contribution in [0.5, 0.6) is 0 Å². The van der Waals surface area contributed by atoms with Crippen molar-refractivity contribution in [1.29, 1.82) is 0 Å². The summed E-state index contributed by atoms with van der Waals surface area (Å²) in [5.41, 5.74) is 9.56. The van der Waals surface area contributed by atoms with E-state index in [0.717, 1.165) is 22.5 Å². The molecule has 0 aliphatic rings. The van der Waals surface area contributed by atoms with Crippen LogP contribution < -0.4 is 11.1 Å². The summed E-state index contributed by atoms with van der Waals surface area (Å²) in [4.78, 5) is 12.4. The Morgan fingerprint density at radius 3 is 2.26 bits per heavy atom. The maximum Gasteiger partial charge on any atom is 0.237 e. The van der Waals surface area contributed by atoms with Gasteiger partial charge in [0.1, 0.15) is 0 Å². The van der Waals surface area contributed by atoms with Crippen molar-refractivity contribution in [2.75, 3.05) is 0 Å². The van der Waals surface area contributed by atoms with Gasteiger partial charge in [-0.1, -0.05) is 69.3 Å². The van der Waals surface area contributed by atoms with E-state index in [1.54, 1.807) is 0 Å². The van der Waals surface area contributed by atoms with Crippen LogP contribution in [0.15, 0.2) is 66.9 Å². The Labute approximate surface area is 160 Å². The van der Waals surface area contributed by atoms with Crippen LogP contribution in [-0.2, 0) is 11.3 Å². The van der Waals surface area contributed by atoms with Gasteiger partial charge in [0.15, 0.2) is 0 Å². The molecule has 5 nitrogen and oxygen atoms in total. The molecule has 0 spiro atoms. The number of para-hydroxylation sites is 1. The van der Waals surface area contributed by atoms with E-state index in [0.29, 0.717) is 6.54 Å². The molecule has 0 aliphatic carbocycles. The molecule has 27 heavy (non-hydrogen) atoms. The van der Waals surface area contributed by atoms with Crippen molar-refractivity contribution in [3.8, 4) is 16.9 Å². The molecule has 2 aromatic carbocycles. The number of carbonyl (C=O) groups is 1. The van der Waals surface area contributed by atoms with Crippen molar-refractivity contribution in [3.63, 3.8) is 0 Å². The molecule has 1 amide bonds. The largest absolute Gasteiger partial charge is 0.351 e. The Bertz CT molecular complexity index is 895. The summed E-state index contributed by atoms with van der Waals surface area (Å²) in [5, 5.41) is 7.72. The third-order valence-electron chi connectivity index (χ3n) is 4.53. The fraction of sp³-hybridized carbons (Fsp3) is 0.273. The molecular formula is C22H26N4O. The number of hydrogen-bond donors (Lipinski definition) is 2. The number of benzene rings is 2. The lowest BCUT2D eigenvalue weighted by atomic mass is 9.87. The van der Waals surface area contributed by atoms with Crippen molar-refractivity contribution in [3.05, 3.63) is 72.4 Å². The topological polar surface area (TPSA) is 72.9 Å². The average Bonchev–Trinajstić information content (AvgIpc) is 3.10. The van der Waals surface area contributed by atoms with Gasteiger partial charge in [0.05, 0.1) is 17.4 Å². The van der Waals surface area contributed by atoms with Gasteiger partial charge in [-0.05, 0) is 17.5 Å². The highest BCUT2D eigenvalue weighted by atomic mass is 16.2. The first-order chi connectivity index (χ1) is 12.9. The van der Waals surface area contributed by atoms with Gasteiger partial charge < -0.3 is 11.1 Å². The summed E-state index contributed by atoms with van der Waals surface area (Å²) in [7, 11) is 0. The summed E-state index contributed by atoms with van der Waals surface area (Å²) in [5.74, 6) is -0.158. The normalized spacial score (nSPS) is 12.6. The Kier molecular flexibility index (Phi) is 5.42. The molecule has 1 atom stereocenters. The Morgan fingerprint density at radius 2 is 1.67 bits per heavy atom. The highest BCUT2D eigenvalue weighted by Crippen LogP contribution is 2.24. The second-order valence-corrected chi connectivity index (χ2v) is 7.71. The van der Waals surface area contributed by atoms with Gasteiger partial charge in [-0.25, -0.2) is 4.68 Å². The van der Waals surface area contributed by atoms with Gasteiger partial charge in [0.25, 0.3) is 0 Å². The number of nitrogens with one attached hydrogen (secondary N) is 1. The summed E-state index contributed by atoms with van der Waals surface area (Å²) < 4.78 is 1.84. The number of amides is 1. The number of rotatable bonds is 5. The van der Waals surface area contributed by atoms with E-state index in [9.17, 15) is 4.79 Å².